The van der Waals surface area contributed by atoms with E-state index in [4.69, 9.17) is 28.9 Å². The molecule has 2 amide bonds. The fourth-order valence-corrected chi connectivity index (χ4v) is 4.39. The minimum Gasteiger partial charge on any atom is -0.339 e. The average Bonchev–Trinajstić information content (AvgIpc) is 3.08. The van der Waals surface area contributed by atoms with Crippen LogP contribution in [0.15, 0.2) is 18.2 Å². The molecule has 1 aromatic rings. The van der Waals surface area contributed by atoms with Crippen LogP contribution in [0.25, 0.3) is 0 Å². The number of halogens is 3. The Morgan fingerprint density at radius 2 is 1.58 bits per heavy atom. The lowest BCUT2D eigenvalue weighted by molar-refractivity contribution is -0.138. The summed E-state index contributed by atoms with van der Waals surface area (Å²) in [5, 5.41) is 0.887. The molecule has 0 radical (unpaired) electrons. The number of hydrogen-bond acceptors (Lipinski definition) is 3. The molecule has 3 rings (SSSR count). The minimum atomic E-state index is -0.0998. The third kappa shape index (κ3) is 4.63. The molecule has 0 unspecified atom stereocenters. The number of carbonyl (C=O) groups is 2. The normalized spacial score (nSPS) is 22.9. The zero-order chi connectivity index (χ0) is 18.0. The average molecular weight is 421 g/mol. The van der Waals surface area contributed by atoms with Gasteiger partial charge in [-0.15, -0.1) is 12.4 Å². The van der Waals surface area contributed by atoms with Gasteiger partial charge < -0.3 is 15.5 Å². The molecule has 2 N–H and O–H groups in total. The number of hydrogen-bond donors (Lipinski definition) is 1. The van der Waals surface area contributed by atoms with Crippen LogP contribution >= 0.6 is 35.6 Å². The highest BCUT2D eigenvalue weighted by atomic mass is 35.5. The van der Waals surface area contributed by atoms with Crippen LogP contribution in [-0.4, -0.2) is 54.3 Å². The van der Waals surface area contributed by atoms with E-state index in [1.807, 2.05) is 4.90 Å². The van der Waals surface area contributed by atoms with Crippen LogP contribution in [0, 0.1) is 11.8 Å². The monoisotopic (exact) mass is 419 g/mol. The van der Waals surface area contributed by atoms with Crippen molar-refractivity contribution in [3.63, 3.8) is 0 Å². The Morgan fingerprint density at radius 3 is 2.15 bits per heavy atom. The van der Waals surface area contributed by atoms with E-state index in [-0.39, 0.29) is 30.1 Å². The second kappa shape index (κ2) is 9.27. The summed E-state index contributed by atoms with van der Waals surface area (Å²) < 4.78 is 0. The van der Waals surface area contributed by atoms with E-state index in [1.165, 1.54) is 0 Å². The Labute approximate surface area is 170 Å². The minimum absolute atomic E-state index is 0. The van der Waals surface area contributed by atoms with Gasteiger partial charge in [0, 0.05) is 47.7 Å². The first-order valence-electron chi connectivity index (χ1n) is 8.74. The summed E-state index contributed by atoms with van der Waals surface area (Å²) in [6.07, 6.45) is 3.05. The van der Waals surface area contributed by atoms with Gasteiger partial charge in [0.15, 0.2) is 0 Å². The van der Waals surface area contributed by atoms with Crippen LogP contribution in [0.5, 0.6) is 0 Å². The van der Waals surface area contributed by atoms with E-state index in [2.05, 4.69) is 0 Å². The molecule has 0 bridgehead atoms. The zero-order valence-electron chi connectivity index (χ0n) is 14.5. The number of benzene rings is 1. The molecule has 26 heavy (non-hydrogen) atoms. The van der Waals surface area contributed by atoms with Crippen molar-refractivity contribution in [3.8, 4) is 0 Å². The van der Waals surface area contributed by atoms with Crippen molar-refractivity contribution in [2.75, 3.05) is 32.7 Å². The molecular weight excluding hydrogens is 397 g/mol. The summed E-state index contributed by atoms with van der Waals surface area (Å²) in [5.74, 6) is 0.461. The Balaban J connectivity index is 0.00000243. The molecule has 5 nitrogen and oxygen atoms in total. The van der Waals surface area contributed by atoms with Gasteiger partial charge in [0.25, 0.3) is 5.91 Å². The van der Waals surface area contributed by atoms with Crippen molar-refractivity contribution in [2.24, 2.45) is 17.6 Å². The van der Waals surface area contributed by atoms with Crippen molar-refractivity contribution >= 4 is 47.4 Å². The number of amides is 2. The van der Waals surface area contributed by atoms with E-state index in [9.17, 15) is 9.59 Å². The summed E-state index contributed by atoms with van der Waals surface area (Å²) in [7, 11) is 0. The largest absolute Gasteiger partial charge is 0.339 e. The van der Waals surface area contributed by atoms with Crippen LogP contribution in [-0.2, 0) is 4.79 Å². The van der Waals surface area contributed by atoms with Crippen LogP contribution in [0.3, 0.4) is 0 Å². The van der Waals surface area contributed by atoms with Crippen LogP contribution in [0.2, 0.25) is 10.0 Å². The standard InChI is InChI=1S/C18H23Cl2N3O2.ClH/c19-14-8-13(9-15(20)10-14)17(24)22-4-6-23(7-5-22)18(25)16-3-1-2-12(16)11-21;/h8-10,12,16H,1-7,11,21H2;1H/t12-,16-;/m1./s1. The molecule has 1 heterocycles. The van der Waals surface area contributed by atoms with Crippen LogP contribution in [0.1, 0.15) is 29.6 Å². The predicted molar refractivity (Wildman–Crippen MR) is 106 cm³/mol. The van der Waals surface area contributed by atoms with Gasteiger partial charge in [0.05, 0.1) is 0 Å². The van der Waals surface area contributed by atoms with Gasteiger partial charge in [-0.25, -0.2) is 0 Å². The van der Waals surface area contributed by atoms with Gasteiger partial charge in [0.2, 0.25) is 5.91 Å². The molecule has 2 aliphatic rings. The lowest BCUT2D eigenvalue weighted by atomic mass is 9.94. The van der Waals surface area contributed by atoms with E-state index in [1.54, 1.807) is 23.1 Å². The Morgan fingerprint density at radius 1 is 1.00 bits per heavy atom. The maximum absolute atomic E-state index is 12.7. The molecule has 0 aromatic heterocycles. The highest BCUT2D eigenvalue weighted by Crippen LogP contribution is 2.32. The molecule has 8 heteroatoms. The van der Waals surface area contributed by atoms with Crippen molar-refractivity contribution in [1.29, 1.82) is 0 Å². The fraction of sp³-hybridized carbons (Fsp3) is 0.556. The van der Waals surface area contributed by atoms with Gasteiger partial charge >= 0.3 is 0 Å². The van der Waals surface area contributed by atoms with E-state index in [0.717, 1.165) is 19.3 Å². The number of piperazine rings is 1. The zero-order valence-corrected chi connectivity index (χ0v) is 16.8. The molecule has 144 valence electrons. The maximum atomic E-state index is 12.7. The van der Waals surface area contributed by atoms with Crippen molar-refractivity contribution in [3.05, 3.63) is 33.8 Å². The molecule has 0 spiro atoms. The molecule has 1 aliphatic heterocycles. The van der Waals surface area contributed by atoms with E-state index >= 15 is 0 Å². The van der Waals surface area contributed by atoms with E-state index in [0.29, 0.717) is 54.3 Å². The first-order valence-corrected chi connectivity index (χ1v) is 9.49. The first kappa shape index (κ1) is 21.3. The summed E-state index contributed by atoms with van der Waals surface area (Å²) in [6.45, 7) is 2.74. The Hall–Kier alpha value is -1.01. The second-order valence-electron chi connectivity index (χ2n) is 6.81. The second-order valence-corrected chi connectivity index (χ2v) is 7.68. The maximum Gasteiger partial charge on any atom is 0.254 e. The summed E-state index contributed by atoms with van der Waals surface area (Å²) >= 11 is 12.0. The molecule has 2 atom stereocenters. The van der Waals surface area contributed by atoms with Gasteiger partial charge in [-0.2, -0.15) is 0 Å². The Bertz CT molecular complexity index is 643. The van der Waals surface area contributed by atoms with Crippen LogP contribution < -0.4 is 5.73 Å². The summed E-state index contributed by atoms with van der Waals surface area (Å²) in [4.78, 5) is 29.0. The van der Waals surface area contributed by atoms with Crippen molar-refractivity contribution in [2.45, 2.75) is 19.3 Å². The summed E-state index contributed by atoms with van der Waals surface area (Å²) in [5.41, 5.74) is 6.28. The first-order chi connectivity index (χ1) is 12.0. The van der Waals surface area contributed by atoms with Gasteiger partial charge in [-0.3, -0.25) is 9.59 Å². The molecule has 1 aromatic carbocycles. The van der Waals surface area contributed by atoms with E-state index < -0.39 is 0 Å². The SMILES string of the molecule is Cl.NC[C@H]1CCC[C@H]1C(=O)N1CCN(C(=O)c2cc(Cl)cc(Cl)c2)CC1. The lowest BCUT2D eigenvalue weighted by Crippen LogP contribution is -2.52. The van der Waals surface area contributed by atoms with Crippen molar-refractivity contribution in [1.82, 2.24) is 9.80 Å². The highest BCUT2D eigenvalue weighted by Gasteiger charge is 2.36. The number of nitrogens with zero attached hydrogens (tertiary/aromatic N) is 2. The molecular formula is C18H24Cl3N3O2. The van der Waals surface area contributed by atoms with Gasteiger partial charge in [0.1, 0.15) is 0 Å². The lowest BCUT2D eigenvalue weighted by Gasteiger charge is -2.36. The van der Waals surface area contributed by atoms with Gasteiger partial charge in [-0.05, 0) is 43.5 Å². The number of carbonyl (C=O) groups excluding carboxylic acids is 2. The molecule has 1 saturated carbocycles. The predicted octanol–water partition coefficient (Wildman–Crippen LogP) is 3.07. The molecule has 1 saturated heterocycles. The summed E-state index contributed by atoms with van der Waals surface area (Å²) in [6, 6.07) is 4.85. The fourth-order valence-electron chi connectivity index (χ4n) is 3.87. The third-order valence-electron chi connectivity index (χ3n) is 5.27. The molecule has 1 aliphatic carbocycles. The third-order valence-corrected chi connectivity index (χ3v) is 5.70. The Kier molecular flexibility index (Phi) is 7.59. The van der Waals surface area contributed by atoms with Crippen LogP contribution in [0.4, 0.5) is 0 Å². The smallest absolute Gasteiger partial charge is 0.254 e. The molecule has 2 fully saturated rings. The number of nitrogens with two attached hydrogens (primary N) is 1. The number of rotatable bonds is 3. The topological polar surface area (TPSA) is 66.6 Å². The highest BCUT2D eigenvalue weighted by molar-refractivity contribution is 6.35. The van der Waals surface area contributed by atoms with Crippen molar-refractivity contribution < 1.29 is 9.59 Å². The quantitative estimate of drug-likeness (QED) is 0.817. The van der Waals surface area contributed by atoms with Gasteiger partial charge in [-0.1, -0.05) is 29.6 Å².